The number of likely N-dealkylation sites (tertiary alicyclic amines) is 1. The number of aromatic nitrogens is 1. The Morgan fingerprint density at radius 2 is 1.96 bits per heavy atom. The summed E-state index contributed by atoms with van der Waals surface area (Å²) in [7, 11) is 1.52. The van der Waals surface area contributed by atoms with Gasteiger partial charge in [-0.15, -0.1) is 0 Å². The third-order valence-electron chi connectivity index (χ3n) is 5.29. The summed E-state index contributed by atoms with van der Waals surface area (Å²) >= 11 is 0. The molecule has 4 amide bonds. The second kappa shape index (κ2) is 6.99. The fraction of sp³-hybridized carbons (Fsp3) is 0.526. The molecule has 1 spiro atoms. The molecule has 0 radical (unpaired) electrons. The van der Waals surface area contributed by atoms with Crippen molar-refractivity contribution in [1.29, 1.82) is 5.26 Å². The number of imide groups is 1. The Hall–Kier alpha value is -2.95. The molecule has 0 saturated carbocycles. The van der Waals surface area contributed by atoms with Gasteiger partial charge in [0.15, 0.2) is 0 Å². The Kier molecular flexibility index (Phi) is 4.87. The van der Waals surface area contributed by atoms with Gasteiger partial charge in [-0.05, 0) is 30.9 Å². The average molecular weight is 369 g/mol. The van der Waals surface area contributed by atoms with Crippen molar-refractivity contribution in [2.24, 2.45) is 5.92 Å². The fourth-order valence-electron chi connectivity index (χ4n) is 3.83. The van der Waals surface area contributed by atoms with Crippen LogP contribution in [0.5, 0.6) is 0 Å². The number of hydrogen-bond acceptors (Lipinski definition) is 5. The Morgan fingerprint density at radius 3 is 2.48 bits per heavy atom. The number of nitrogens with zero attached hydrogens (tertiary/aromatic N) is 5. The van der Waals surface area contributed by atoms with Crippen LogP contribution in [-0.2, 0) is 4.79 Å². The maximum atomic E-state index is 12.8. The Bertz CT molecular complexity index is 804. The van der Waals surface area contributed by atoms with Crippen LogP contribution in [0.3, 0.4) is 0 Å². The van der Waals surface area contributed by atoms with Crippen molar-refractivity contribution < 1.29 is 14.4 Å². The van der Waals surface area contributed by atoms with Gasteiger partial charge in [-0.3, -0.25) is 14.5 Å². The molecule has 0 unspecified atom stereocenters. The molecule has 3 heterocycles. The summed E-state index contributed by atoms with van der Waals surface area (Å²) in [5, 5.41) is 8.81. The second-order valence-electron chi connectivity index (χ2n) is 7.52. The van der Waals surface area contributed by atoms with E-state index in [1.807, 2.05) is 19.9 Å². The Labute approximate surface area is 158 Å². The van der Waals surface area contributed by atoms with Gasteiger partial charge in [0, 0.05) is 32.9 Å². The molecule has 3 rings (SSSR count). The molecule has 8 nitrogen and oxygen atoms in total. The highest BCUT2D eigenvalue weighted by atomic mass is 16.2. The van der Waals surface area contributed by atoms with Crippen LogP contribution < -0.4 is 0 Å². The lowest BCUT2D eigenvalue weighted by molar-refractivity contribution is -0.134. The molecule has 2 aliphatic heterocycles. The van der Waals surface area contributed by atoms with E-state index in [2.05, 4.69) is 4.98 Å². The van der Waals surface area contributed by atoms with Crippen molar-refractivity contribution in [1.82, 2.24) is 19.7 Å². The predicted molar refractivity (Wildman–Crippen MR) is 96.5 cm³/mol. The van der Waals surface area contributed by atoms with Gasteiger partial charge in [0.05, 0.1) is 5.56 Å². The molecule has 27 heavy (non-hydrogen) atoms. The SMILES string of the molecule is CC(C)CN1C(=O)N(C)C(=O)C12CCN(C(=O)c1ccc(C#N)nc1)CC2. The average Bonchev–Trinajstić information content (AvgIpc) is 2.84. The summed E-state index contributed by atoms with van der Waals surface area (Å²) in [6.45, 7) is 5.32. The summed E-state index contributed by atoms with van der Waals surface area (Å²) in [5.74, 6) is -0.114. The molecular formula is C19H23N5O3. The van der Waals surface area contributed by atoms with Crippen molar-refractivity contribution in [2.75, 3.05) is 26.7 Å². The second-order valence-corrected chi connectivity index (χ2v) is 7.52. The number of carbonyl (C=O) groups excluding carboxylic acids is 3. The quantitative estimate of drug-likeness (QED) is 0.752. The largest absolute Gasteiger partial charge is 0.338 e. The van der Waals surface area contributed by atoms with Crippen molar-refractivity contribution in [3.05, 3.63) is 29.6 Å². The Morgan fingerprint density at radius 1 is 1.30 bits per heavy atom. The highest BCUT2D eigenvalue weighted by Crippen LogP contribution is 2.37. The highest BCUT2D eigenvalue weighted by Gasteiger charge is 2.57. The lowest BCUT2D eigenvalue weighted by Gasteiger charge is -2.42. The molecule has 0 N–H and O–H groups in total. The number of nitriles is 1. The first kappa shape index (κ1) is 18.8. The van der Waals surface area contributed by atoms with Crippen LogP contribution in [-0.4, -0.2) is 69.8 Å². The number of pyridine rings is 1. The van der Waals surface area contributed by atoms with Crippen molar-refractivity contribution in [3.8, 4) is 6.07 Å². The third kappa shape index (κ3) is 3.14. The normalized spacial score (nSPS) is 19.1. The van der Waals surface area contributed by atoms with Crippen LogP contribution in [0.25, 0.3) is 0 Å². The molecule has 2 aliphatic rings. The van der Waals surface area contributed by atoms with E-state index in [0.29, 0.717) is 38.0 Å². The maximum absolute atomic E-state index is 12.8. The third-order valence-corrected chi connectivity index (χ3v) is 5.29. The van der Waals surface area contributed by atoms with Crippen LogP contribution in [0.2, 0.25) is 0 Å². The number of hydrogen-bond donors (Lipinski definition) is 0. The molecule has 1 aromatic heterocycles. The molecule has 0 aliphatic carbocycles. The maximum Gasteiger partial charge on any atom is 0.327 e. The van der Waals surface area contributed by atoms with Gasteiger partial charge < -0.3 is 9.80 Å². The number of likely N-dealkylation sites (N-methyl/N-ethyl adjacent to an activating group) is 1. The van der Waals surface area contributed by atoms with Gasteiger partial charge >= 0.3 is 6.03 Å². The minimum atomic E-state index is -0.851. The predicted octanol–water partition coefficient (Wildman–Crippen LogP) is 1.48. The summed E-state index contributed by atoms with van der Waals surface area (Å²) in [4.78, 5) is 46.6. The zero-order valence-corrected chi connectivity index (χ0v) is 15.8. The highest BCUT2D eigenvalue weighted by molar-refractivity contribution is 6.07. The van der Waals surface area contributed by atoms with E-state index in [9.17, 15) is 14.4 Å². The lowest BCUT2D eigenvalue weighted by atomic mass is 9.85. The summed E-state index contributed by atoms with van der Waals surface area (Å²) in [6, 6.07) is 4.76. The van der Waals surface area contributed by atoms with E-state index in [4.69, 9.17) is 5.26 Å². The summed E-state index contributed by atoms with van der Waals surface area (Å²) < 4.78 is 0. The first-order valence-electron chi connectivity index (χ1n) is 9.05. The van der Waals surface area contributed by atoms with Gasteiger partial charge in [-0.25, -0.2) is 9.78 Å². The van der Waals surface area contributed by atoms with E-state index in [0.717, 1.165) is 0 Å². The molecule has 8 heteroatoms. The zero-order chi connectivity index (χ0) is 19.8. The monoisotopic (exact) mass is 369 g/mol. The summed E-state index contributed by atoms with van der Waals surface area (Å²) in [5.41, 5.74) is -0.183. The lowest BCUT2D eigenvalue weighted by Crippen LogP contribution is -2.58. The van der Waals surface area contributed by atoms with Crippen LogP contribution in [0.4, 0.5) is 4.79 Å². The number of rotatable bonds is 3. The minimum Gasteiger partial charge on any atom is -0.338 e. The van der Waals surface area contributed by atoms with Crippen molar-refractivity contribution >= 4 is 17.8 Å². The Balaban J connectivity index is 1.76. The van der Waals surface area contributed by atoms with E-state index < -0.39 is 5.54 Å². The molecule has 2 saturated heterocycles. The smallest absolute Gasteiger partial charge is 0.327 e. The van der Waals surface area contributed by atoms with Gasteiger partial charge in [-0.1, -0.05) is 13.8 Å². The van der Waals surface area contributed by atoms with Gasteiger partial charge in [0.2, 0.25) is 0 Å². The van der Waals surface area contributed by atoms with E-state index in [1.165, 1.54) is 24.2 Å². The van der Waals surface area contributed by atoms with Crippen LogP contribution in [0.1, 0.15) is 42.7 Å². The standard InChI is InChI=1S/C19H23N5O3/c1-13(2)12-24-18(27)22(3)17(26)19(24)6-8-23(9-7-19)16(25)14-4-5-15(10-20)21-11-14/h4-5,11,13H,6-9,12H2,1-3H3. The molecule has 0 atom stereocenters. The molecule has 2 fully saturated rings. The fourth-order valence-corrected chi connectivity index (χ4v) is 3.83. The van der Waals surface area contributed by atoms with Crippen molar-refractivity contribution in [2.45, 2.75) is 32.2 Å². The van der Waals surface area contributed by atoms with E-state index in [1.54, 1.807) is 15.9 Å². The topological polar surface area (TPSA) is 97.6 Å². The van der Waals surface area contributed by atoms with Gasteiger partial charge in [-0.2, -0.15) is 5.26 Å². The van der Waals surface area contributed by atoms with Gasteiger partial charge in [0.25, 0.3) is 11.8 Å². The first-order chi connectivity index (χ1) is 12.8. The molecule has 0 bridgehead atoms. The van der Waals surface area contributed by atoms with E-state index in [-0.39, 0.29) is 29.5 Å². The van der Waals surface area contributed by atoms with Crippen LogP contribution >= 0.6 is 0 Å². The number of piperidine rings is 1. The minimum absolute atomic E-state index is 0.178. The number of carbonyl (C=O) groups is 3. The van der Waals surface area contributed by atoms with Crippen molar-refractivity contribution in [3.63, 3.8) is 0 Å². The van der Waals surface area contributed by atoms with Crippen LogP contribution in [0, 0.1) is 17.2 Å². The number of urea groups is 1. The molecule has 142 valence electrons. The van der Waals surface area contributed by atoms with Crippen LogP contribution in [0.15, 0.2) is 18.3 Å². The first-order valence-corrected chi connectivity index (χ1v) is 9.05. The van der Waals surface area contributed by atoms with Gasteiger partial charge in [0.1, 0.15) is 17.3 Å². The molecule has 1 aromatic rings. The molecule has 0 aromatic carbocycles. The van der Waals surface area contributed by atoms with E-state index >= 15 is 0 Å². The molecular weight excluding hydrogens is 346 g/mol. The summed E-state index contributed by atoms with van der Waals surface area (Å²) in [6.07, 6.45) is 2.24. The number of amides is 4. The zero-order valence-electron chi connectivity index (χ0n) is 15.8.